The molecule has 3 nitrogen and oxygen atoms in total. The molecule has 0 fully saturated rings. The van der Waals surface area contributed by atoms with Crippen LogP contribution in [0.25, 0.3) is 43.0 Å². The molecule has 0 bridgehead atoms. The number of thiophene rings is 1. The zero-order chi connectivity index (χ0) is 28.2. The topological polar surface area (TPSA) is 50.2 Å². The molecular weight excluding hydrogens is 691 g/mol. The number of hydrogen-bond donors (Lipinski definition) is 1. The van der Waals surface area contributed by atoms with Gasteiger partial charge in [0.05, 0.1) is 16.0 Å². The molecule has 0 saturated carbocycles. The number of pyridine rings is 1. The van der Waals surface area contributed by atoms with Crippen molar-refractivity contribution in [1.82, 2.24) is 4.98 Å². The van der Waals surface area contributed by atoms with Crippen LogP contribution in [0.3, 0.4) is 0 Å². The van der Waals surface area contributed by atoms with E-state index in [0.717, 1.165) is 22.3 Å². The minimum atomic E-state index is -0.125. The molecule has 0 amide bonds. The Morgan fingerprint density at radius 1 is 0.900 bits per heavy atom. The van der Waals surface area contributed by atoms with Crippen molar-refractivity contribution >= 4 is 27.3 Å². The summed E-state index contributed by atoms with van der Waals surface area (Å²) in [6.07, 6.45) is 1.17. The molecule has 3 aromatic carbocycles. The number of rotatable bonds is 4. The number of allylic oxidation sites excluding steroid dienone is 2. The fourth-order valence-corrected chi connectivity index (χ4v) is 5.54. The number of hydrogen-bond acceptors (Lipinski definition) is 4. The fourth-order valence-electron chi connectivity index (χ4n) is 4.37. The van der Waals surface area contributed by atoms with E-state index >= 15 is 0 Å². The number of carbonyl (C=O) groups is 1. The molecule has 0 aliphatic carbocycles. The van der Waals surface area contributed by atoms with Crippen LogP contribution in [0, 0.1) is 13.0 Å². The van der Waals surface area contributed by atoms with Crippen molar-refractivity contribution in [3.05, 3.63) is 114 Å². The second kappa shape index (κ2) is 13.3. The number of nitrogens with zero attached hydrogens (tertiary/aromatic N) is 1. The van der Waals surface area contributed by atoms with Crippen LogP contribution in [0.4, 0.5) is 0 Å². The minimum Gasteiger partial charge on any atom is -0.512 e. The zero-order valence-electron chi connectivity index (χ0n) is 23.7. The second-order valence-corrected chi connectivity index (χ2v) is 11.7. The summed E-state index contributed by atoms with van der Waals surface area (Å²) in [5, 5.41) is 8.36. The van der Waals surface area contributed by atoms with Crippen molar-refractivity contribution < 1.29 is 30.0 Å². The SMILES string of the molecule is CC(=O)/C=C(/C)O.Cc1[c-]c(-c2ccc3sc(-c4ccccc4)c(-c4ccccc4)c3n2)cc(C(C)(C)C)c1.[Ir]. The molecule has 0 saturated heterocycles. The number of benzene rings is 3. The van der Waals surface area contributed by atoms with E-state index in [9.17, 15) is 4.79 Å². The molecule has 207 valence electrons. The van der Waals surface area contributed by atoms with E-state index in [2.05, 4.69) is 119 Å². The van der Waals surface area contributed by atoms with Gasteiger partial charge in [0.2, 0.25) is 0 Å². The van der Waals surface area contributed by atoms with E-state index in [1.165, 1.54) is 51.8 Å². The molecule has 1 radical (unpaired) electrons. The monoisotopic (exact) mass is 725 g/mol. The Labute approximate surface area is 255 Å². The molecule has 0 spiro atoms. The van der Waals surface area contributed by atoms with E-state index in [4.69, 9.17) is 10.1 Å². The zero-order valence-corrected chi connectivity index (χ0v) is 26.9. The number of carbonyl (C=O) groups excluding carboxylic acids is 1. The summed E-state index contributed by atoms with van der Waals surface area (Å²) in [6, 6.07) is 33.6. The summed E-state index contributed by atoms with van der Waals surface area (Å²) in [5.74, 6) is -0.0625. The van der Waals surface area contributed by atoms with E-state index in [0.29, 0.717) is 0 Å². The van der Waals surface area contributed by atoms with Crippen molar-refractivity contribution in [1.29, 1.82) is 0 Å². The average Bonchev–Trinajstić information content (AvgIpc) is 3.27. The second-order valence-electron chi connectivity index (χ2n) is 10.7. The third kappa shape index (κ3) is 7.63. The van der Waals surface area contributed by atoms with Gasteiger partial charge in [0.15, 0.2) is 5.78 Å². The van der Waals surface area contributed by atoms with Crippen LogP contribution in [0.5, 0.6) is 0 Å². The normalized spacial score (nSPS) is 11.4. The van der Waals surface area contributed by atoms with Gasteiger partial charge in [0.1, 0.15) is 0 Å². The van der Waals surface area contributed by atoms with E-state index < -0.39 is 0 Å². The Hall–Kier alpha value is -3.37. The van der Waals surface area contributed by atoms with Gasteiger partial charge in [0.25, 0.3) is 0 Å². The first-order valence-electron chi connectivity index (χ1n) is 13.0. The van der Waals surface area contributed by atoms with Gasteiger partial charge in [-0.15, -0.1) is 46.2 Å². The third-order valence-electron chi connectivity index (χ3n) is 6.19. The Kier molecular flexibility index (Phi) is 10.4. The average molecular weight is 725 g/mol. The largest absolute Gasteiger partial charge is 0.512 e. The predicted octanol–water partition coefficient (Wildman–Crippen LogP) is 9.74. The predicted molar refractivity (Wildman–Crippen MR) is 165 cm³/mol. The first kappa shape index (κ1) is 31.2. The summed E-state index contributed by atoms with van der Waals surface area (Å²) in [5.41, 5.74) is 9.27. The van der Waals surface area contributed by atoms with E-state index in [1.54, 1.807) is 0 Å². The molecule has 40 heavy (non-hydrogen) atoms. The number of aliphatic hydroxyl groups excluding tert-OH is 1. The van der Waals surface area contributed by atoms with Crippen LogP contribution >= 0.6 is 11.3 Å². The molecule has 1 N–H and O–H groups in total. The molecule has 2 heterocycles. The maximum atomic E-state index is 10.0. The van der Waals surface area contributed by atoms with Crippen molar-refractivity contribution in [2.24, 2.45) is 0 Å². The Morgan fingerprint density at radius 3 is 2.02 bits per heavy atom. The van der Waals surface area contributed by atoms with E-state index in [-0.39, 0.29) is 37.1 Å². The molecular formula is C35H34IrNO2S-. The summed E-state index contributed by atoms with van der Waals surface area (Å²) < 4.78 is 1.20. The summed E-state index contributed by atoms with van der Waals surface area (Å²) >= 11 is 1.81. The molecule has 5 rings (SSSR count). The first-order chi connectivity index (χ1) is 18.5. The maximum absolute atomic E-state index is 10.0. The van der Waals surface area contributed by atoms with Crippen molar-refractivity contribution in [2.45, 2.75) is 47.0 Å². The van der Waals surface area contributed by atoms with Gasteiger partial charge in [-0.2, -0.15) is 0 Å². The van der Waals surface area contributed by atoms with Gasteiger partial charge in [-0.25, -0.2) is 0 Å². The summed E-state index contributed by atoms with van der Waals surface area (Å²) in [6.45, 7) is 11.7. The molecule has 0 aliphatic rings. The van der Waals surface area contributed by atoms with Gasteiger partial charge < -0.3 is 5.11 Å². The Morgan fingerprint density at radius 2 is 1.50 bits per heavy atom. The number of aryl methyl sites for hydroxylation is 1. The van der Waals surface area contributed by atoms with Crippen LogP contribution in [-0.2, 0) is 30.3 Å². The Balaban J connectivity index is 0.000000492. The van der Waals surface area contributed by atoms with Gasteiger partial charge >= 0.3 is 0 Å². The summed E-state index contributed by atoms with van der Waals surface area (Å²) in [7, 11) is 0. The van der Waals surface area contributed by atoms with Crippen LogP contribution in [0.1, 0.15) is 45.7 Å². The first-order valence-corrected chi connectivity index (χ1v) is 13.8. The quantitative estimate of drug-likeness (QED) is 0.114. The van der Waals surface area contributed by atoms with Gasteiger partial charge in [-0.3, -0.25) is 9.78 Å². The molecule has 5 aromatic rings. The van der Waals surface area contributed by atoms with Crippen LogP contribution in [0.15, 0.2) is 96.8 Å². The van der Waals surface area contributed by atoms with Gasteiger partial charge in [-0.05, 0) is 42.1 Å². The van der Waals surface area contributed by atoms with Gasteiger partial charge in [0, 0.05) is 36.6 Å². The maximum Gasteiger partial charge on any atom is 0.155 e. The molecule has 0 unspecified atom stereocenters. The van der Waals surface area contributed by atoms with Crippen molar-refractivity contribution in [3.8, 4) is 32.8 Å². The van der Waals surface area contributed by atoms with Crippen molar-refractivity contribution in [3.63, 3.8) is 0 Å². The number of aromatic nitrogens is 1. The molecule has 0 aliphatic heterocycles. The van der Waals surface area contributed by atoms with Crippen LogP contribution < -0.4 is 0 Å². The number of ketones is 1. The standard InChI is InChI=1S/C30H26NS.C5H8O2.Ir/c1-20-17-23(19-24(18-20)30(2,3)4)25-15-16-26-28(31-25)27(21-11-7-5-8-12-21)29(32-26)22-13-9-6-10-14-22;1-4(6)3-5(2)7;/h5-16,18-19H,1-4H3;3,6H,1-2H3;/q-1;;/b;4-3-;. The smallest absolute Gasteiger partial charge is 0.155 e. The summed E-state index contributed by atoms with van der Waals surface area (Å²) in [4.78, 5) is 16.5. The molecule has 2 aromatic heterocycles. The van der Waals surface area contributed by atoms with Gasteiger partial charge in [-0.1, -0.05) is 94.4 Å². The number of aliphatic hydroxyl groups is 1. The van der Waals surface area contributed by atoms with E-state index in [1.807, 2.05) is 11.3 Å². The molecule has 0 atom stereocenters. The Bertz CT molecular complexity index is 1630. The van der Waals surface area contributed by atoms with Crippen molar-refractivity contribution in [2.75, 3.05) is 0 Å². The number of fused-ring (bicyclic) bond motifs is 1. The molecule has 5 heteroatoms. The fraction of sp³-hybridized carbons (Fsp3) is 0.200. The van der Waals surface area contributed by atoms with Crippen LogP contribution in [0.2, 0.25) is 0 Å². The third-order valence-corrected chi connectivity index (χ3v) is 7.38. The van der Waals surface area contributed by atoms with Crippen LogP contribution in [-0.4, -0.2) is 15.9 Å². The minimum absolute atomic E-state index is 0.